The van der Waals surface area contributed by atoms with Crippen LogP contribution in [0.25, 0.3) is 10.9 Å². The topological polar surface area (TPSA) is 95.2 Å². The normalized spacial score (nSPS) is 16.2. The molecule has 148 valence electrons. The van der Waals surface area contributed by atoms with Crippen LogP contribution in [0.3, 0.4) is 0 Å². The molecule has 2 heterocycles. The number of hydrogen-bond acceptors (Lipinski definition) is 4. The van der Waals surface area contributed by atoms with Crippen molar-refractivity contribution in [2.24, 2.45) is 0 Å². The standard InChI is InChI=1S/C20H16Cl2N4O3/c21-11-3-5-15(22)13(8-11)20(29)26-7-1-2-17(26)19(28)25-12-4-6-16-14(9-12)18(27)24-10-23-16/h3-6,8-10,17H,1-2,7H2,(H,25,28)(H,23,24,27). The summed E-state index contributed by atoms with van der Waals surface area (Å²) in [5.74, 6) is -0.664. The van der Waals surface area contributed by atoms with Crippen LogP contribution in [0.1, 0.15) is 23.2 Å². The van der Waals surface area contributed by atoms with Crippen molar-refractivity contribution >= 4 is 51.6 Å². The number of likely N-dealkylation sites (tertiary alicyclic amines) is 1. The second-order valence-corrected chi connectivity index (χ2v) is 7.58. The number of anilines is 1. The van der Waals surface area contributed by atoms with Crippen LogP contribution in [-0.2, 0) is 4.79 Å². The SMILES string of the molecule is O=C(Nc1ccc2nc[nH]c(=O)c2c1)C1CCCN1C(=O)c1cc(Cl)ccc1Cl. The number of nitrogens with zero attached hydrogens (tertiary/aromatic N) is 2. The maximum atomic E-state index is 13.0. The van der Waals surface area contributed by atoms with Gasteiger partial charge in [0.15, 0.2) is 0 Å². The van der Waals surface area contributed by atoms with E-state index < -0.39 is 6.04 Å². The number of halogens is 2. The molecular weight excluding hydrogens is 415 g/mol. The fourth-order valence-corrected chi connectivity index (χ4v) is 3.84. The molecule has 0 radical (unpaired) electrons. The summed E-state index contributed by atoms with van der Waals surface area (Å²) in [6, 6.07) is 8.91. The van der Waals surface area contributed by atoms with Crippen molar-refractivity contribution in [1.82, 2.24) is 14.9 Å². The first-order valence-corrected chi connectivity index (χ1v) is 9.74. The van der Waals surface area contributed by atoms with Crippen LogP contribution >= 0.6 is 23.2 Å². The minimum absolute atomic E-state index is 0.266. The van der Waals surface area contributed by atoms with Crippen LogP contribution in [0.5, 0.6) is 0 Å². The molecule has 1 aliphatic heterocycles. The first kappa shape index (κ1) is 19.4. The minimum atomic E-state index is -0.638. The molecule has 0 aliphatic carbocycles. The highest BCUT2D eigenvalue weighted by Gasteiger charge is 2.35. The van der Waals surface area contributed by atoms with E-state index in [-0.39, 0.29) is 28.0 Å². The van der Waals surface area contributed by atoms with Crippen molar-refractivity contribution in [1.29, 1.82) is 0 Å². The molecule has 2 aromatic carbocycles. The summed E-state index contributed by atoms with van der Waals surface area (Å²) in [6.07, 6.45) is 2.56. The number of carbonyl (C=O) groups excluding carboxylic acids is 2. The molecule has 29 heavy (non-hydrogen) atoms. The Morgan fingerprint density at radius 2 is 2.00 bits per heavy atom. The smallest absolute Gasteiger partial charge is 0.258 e. The molecule has 4 rings (SSSR count). The van der Waals surface area contributed by atoms with E-state index in [1.807, 2.05) is 0 Å². The van der Waals surface area contributed by atoms with E-state index in [0.717, 1.165) is 0 Å². The highest BCUT2D eigenvalue weighted by molar-refractivity contribution is 6.35. The Bertz CT molecular complexity index is 1180. The number of nitrogens with one attached hydrogen (secondary N) is 2. The molecule has 1 fully saturated rings. The van der Waals surface area contributed by atoms with Crippen molar-refractivity contribution in [3.8, 4) is 0 Å². The van der Waals surface area contributed by atoms with Crippen LogP contribution in [-0.4, -0.2) is 39.3 Å². The van der Waals surface area contributed by atoms with E-state index in [1.165, 1.54) is 17.3 Å². The van der Waals surface area contributed by atoms with Crippen LogP contribution < -0.4 is 10.9 Å². The van der Waals surface area contributed by atoms with E-state index in [4.69, 9.17) is 23.2 Å². The molecule has 1 unspecified atom stereocenters. The van der Waals surface area contributed by atoms with Gasteiger partial charge in [0, 0.05) is 17.3 Å². The molecule has 2 amide bonds. The van der Waals surface area contributed by atoms with Crippen molar-refractivity contribution in [2.75, 3.05) is 11.9 Å². The lowest BCUT2D eigenvalue weighted by Gasteiger charge is -2.24. The van der Waals surface area contributed by atoms with Gasteiger partial charge in [0.25, 0.3) is 11.5 Å². The van der Waals surface area contributed by atoms with Gasteiger partial charge < -0.3 is 15.2 Å². The summed E-state index contributed by atoms with van der Waals surface area (Å²) in [4.78, 5) is 45.9. The predicted molar refractivity (Wildman–Crippen MR) is 112 cm³/mol. The van der Waals surface area contributed by atoms with Crippen molar-refractivity contribution < 1.29 is 9.59 Å². The molecule has 0 saturated carbocycles. The van der Waals surface area contributed by atoms with Gasteiger partial charge in [-0.1, -0.05) is 23.2 Å². The molecule has 0 bridgehead atoms. The summed E-state index contributed by atoms with van der Waals surface area (Å²) >= 11 is 12.1. The lowest BCUT2D eigenvalue weighted by Crippen LogP contribution is -2.43. The van der Waals surface area contributed by atoms with Gasteiger partial charge in [-0.2, -0.15) is 0 Å². The van der Waals surface area contributed by atoms with Gasteiger partial charge in [0.05, 0.1) is 27.8 Å². The Morgan fingerprint density at radius 3 is 2.83 bits per heavy atom. The Hall–Kier alpha value is -2.90. The van der Waals surface area contributed by atoms with E-state index in [9.17, 15) is 14.4 Å². The van der Waals surface area contributed by atoms with E-state index in [1.54, 1.807) is 30.3 Å². The maximum Gasteiger partial charge on any atom is 0.258 e. The zero-order valence-corrected chi connectivity index (χ0v) is 16.6. The monoisotopic (exact) mass is 430 g/mol. The summed E-state index contributed by atoms with van der Waals surface area (Å²) in [7, 11) is 0. The number of carbonyl (C=O) groups is 2. The van der Waals surface area contributed by atoms with Crippen LogP contribution in [0, 0.1) is 0 Å². The average molecular weight is 431 g/mol. The highest BCUT2D eigenvalue weighted by Crippen LogP contribution is 2.27. The van der Waals surface area contributed by atoms with E-state index in [2.05, 4.69) is 15.3 Å². The first-order chi connectivity index (χ1) is 13.9. The average Bonchev–Trinajstić information content (AvgIpc) is 3.20. The molecule has 1 atom stereocenters. The molecule has 1 aromatic heterocycles. The molecule has 7 nitrogen and oxygen atoms in total. The molecule has 3 aromatic rings. The van der Waals surface area contributed by atoms with Gasteiger partial charge in [-0.05, 0) is 49.2 Å². The second-order valence-electron chi connectivity index (χ2n) is 6.73. The molecule has 1 saturated heterocycles. The van der Waals surface area contributed by atoms with Crippen molar-refractivity contribution in [3.63, 3.8) is 0 Å². The molecule has 0 spiro atoms. The summed E-state index contributed by atoms with van der Waals surface area (Å²) in [5, 5.41) is 3.84. The summed E-state index contributed by atoms with van der Waals surface area (Å²) < 4.78 is 0. The number of rotatable bonds is 3. The van der Waals surface area contributed by atoms with Crippen LogP contribution in [0.4, 0.5) is 5.69 Å². The quantitative estimate of drug-likeness (QED) is 0.664. The van der Waals surface area contributed by atoms with E-state index >= 15 is 0 Å². The second kappa shape index (κ2) is 7.85. The first-order valence-electron chi connectivity index (χ1n) is 8.98. The third-order valence-electron chi connectivity index (χ3n) is 4.88. The van der Waals surface area contributed by atoms with Gasteiger partial charge in [-0.15, -0.1) is 0 Å². The van der Waals surface area contributed by atoms with Crippen LogP contribution in [0.15, 0.2) is 47.5 Å². The summed E-state index contributed by atoms with van der Waals surface area (Å²) in [5.41, 5.74) is 0.961. The minimum Gasteiger partial charge on any atom is -0.327 e. The highest BCUT2D eigenvalue weighted by atomic mass is 35.5. The fraction of sp³-hybridized carbons (Fsp3) is 0.200. The third kappa shape index (κ3) is 3.83. The zero-order valence-electron chi connectivity index (χ0n) is 15.1. The van der Waals surface area contributed by atoms with Gasteiger partial charge in [0.2, 0.25) is 5.91 Å². The number of hydrogen-bond donors (Lipinski definition) is 2. The summed E-state index contributed by atoms with van der Waals surface area (Å²) in [6.45, 7) is 0.446. The van der Waals surface area contributed by atoms with Gasteiger partial charge >= 0.3 is 0 Å². The Kier molecular flexibility index (Phi) is 5.25. The molecule has 2 N–H and O–H groups in total. The van der Waals surface area contributed by atoms with E-state index in [0.29, 0.717) is 41.0 Å². The number of benzene rings is 2. The van der Waals surface area contributed by atoms with Gasteiger partial charge in [-0.25, -0.2) is 4.98 Å². The molecular formula is C20H16Cl2N4O3. The Morgan fingerprint density at radius 1 is 1.17 bits per heavy atom. The number of amides is 2. The van der Waals surface area contributed by atoms with Crippen LogP contribution in [0.2, 0.25) is 10.0 Å². The third-order valence-corrected chi connectivity index (χ3v) is 5.45. The number of aromatic nitrogens is 2. The number of aromatic amines is 1. The van der Waals surface area contributed by atoms with Crippen molar-refractivity contribution in [3.05, 3.63) is 68.7 Å². The largest absolute Gasteiger partial charge is 0.327 e. The Balaban J connectivity index is 1.56. The van der Waals surface area contributed by atoms with Gasteiger partial charge in [-0.3, -0.25) is 14.4 Å². The lowest BCUT2D eigenvalue weighted by molar-refractivity contribution is -0.119. The predicted octanol–water partition coefficient (Wildman–Crippen LogP) is 3.47. The fourth-order valence-electron chi connectivity index (χ4n) is 3.47. The zero-order chi connectivity index (χ0) is 20.5. The number of H-pyrrole nitrogens is 1. The number of fused-ring (bicyclic) bond motifs is 1. The maximum absolute atomic E-state index is 13.0. The molecule has 9 heteroatoms. The van der Waals surface area contributed by atoms with Crippen molar-refractivity contribution in [2.45, 2.75) is 18.9 Å². The Labute approximate surface area is 175 Å². The lowest BCUT2D eigenvalue weighted by atomic mass is 10.1. The van der Waals surface area contributed by atoms with Gasteiger partial charge in [0.1, 0.15) is 6.04 Å². The molecule has 1 aliphatic rings.